The van der Waals surface area contributed by atoms with Gasteiger partial charge in [0.15, 0.2) is 0 Å². The summed E-state index contributed by atoms with van der Waals surface area (Å²) in [5, 5.41) is 13.5. The van der Waals surface area contributed by atoms with Crippen LogP contribution in [0.25, 0.3) is 10.1 Å². The summed E-state index contributed by atoms with van der Waals surface area (Å²) >= 11 is 1.64. The summed E-state index contributed by atoms with van der Waals surface area (Å²) < 4.78 is 20.1. The molecule has 0 aliphatic rings. The van der Waals surface area contributed by atoms with Crippen molar-refractivity contribution in [1.82, 2.24) is 0 Å². The molecule has 0 radical (unpaired) electrons. The van der Waals surface area contributed by atoms with Crippen LogP contribution < -0.4 is 4.74 Å². The lowest BCUT2D eigenvalue weighted by Gasteiger charge is -2.12. The normalized spacial score (nSPS) is 12.5. The predicted molar refractivity (Wildman–Crippen MR) is 83.4 cm³/mol. The maximum absolute atomic E-state index is 14.0. The van der Waals surface area contributed by atoms with Crippen molar-refractivity contribution in [1.29, 1.82) is 0 Å². The molecule has 21 heavy (non-hydrogen) atoms. The second-order valence-corrected chi connectivity index (χ2v) is 5.78. The highest BCUT2D eigenvalue weighted by Crippen LogP contribution is 2.30. The zero-order valence-corrected chi connectivity index (χ0v) is 12.4. The van der Waals surface area contributed by atoms with Crippen LogP contribution in [-0.4, -0.2) is 12.2 Å². The van der Waals surface area contributed by atoms with Crippen molar-refractivity contribution >= 4 is 21.4 Å². The number of hydrogen-bond donors (Lipinski definition) is 1. The van der Waals surface area contributed by atoms with Gasteiger partial charge in [-0.15, -0.1) is 11.3 Å². The molecule has 0 bridgehead atoms. The summed E-state index contributed by atoms with van der Waals surface area (Å²) in [6.45, 7) is 0. The van der Waals surface area contributed by atoms with E-state index < -0.39 is 11.9 Å². The van der Waals surface area contributed by atoms with Crippen molar-refractivity contribution in [2.45, 2.75) is 12.5 Å². The average molecular weight is 302 g/mol. The Hall–Kier alpha value is -1.91. The molecule has 4 heteroatoms. The first-order valence-corrected chi connectivity index (χ1v) is 7.53. The highest BCUT2D eigenvalue weighted by atomic mass is 32.1. The van der Waals surface area contributed by atoms with Gasteiger partial charge >= 0.3 is 0 Å². The fourth-order valence-electron chi connectivity index (χ4n) is 2.41. The summed E-state index contributed by atoms with van der Waals surface area (Å²) in [5.74, 6) is 0.00539. The number of rotatable bonds is 4. The maximum Gasteiger partial charge on any atom is 0.132 e. The number of ether oxygens (including phenoxy) is 1. The molecule has 0 spiro atoms. The van der Waals surface area contributed by atoms with Crippen molar-refractivity contribution < 1.29 is 14.2 Å². The lowest BCUT2D eigenvalue weighted by Crippen LogP contribution is -2.04. The van der Waals surface area contributed by atoms with Crippen molar-refractivity contribution in [2.75, 3.05) is 7.11 Å². The molecule has 0 fully saturated rings. The number of hydrogen-bond acceptors (Lipinski definition) is 3. The van der Waals surface area contributed by atoms with E-state index in [0.29, 0.717) is 17.7 Å². The van der Waals surface area contributed by atoms with Gasteiger partial charge in [0, 0.05) is 22.8 Å². The molecule has 0 saturated heterocycles. The van der Waals surface area contributed by atoms with Crippen molar-refractivity contribution in [3.63, 3.8) is 0 Å². The Morgan fingerprint density at radius 3 is 2.81 bits per heavy atom. The van der Waals surface area contributed by atoms with E-state index >= 15 is 0 Å². The first-order valence-electron chi connectivity index (χ1n) is 6.65. The van der Waals surface area contributed by atoms with Gasteiger partial charge in [-0.3, -0.25) is 0 Å². The first kappa shape index (κ1) is 14.0. The van der Waals surface area contributed by atoms with E-state index in [2.05, 4.69) is 0 Å². The second kappa shape index (κ2) is 5.84. The van der Waals surface area contributed by atoms with Crippen LogP contribution in [0.2, 0.25) is 0 Å². The lowest BCUT2D eigenvalue weighted by molar-refractivity contribution is 0.174. The third-order valence-electron chi connectivity index (χ3n) is 3.54. The summed E-state index contributed by atoms with van der Waals surface area (Å²) in [5.41, 5.74) is 1.34. The average Bonchev–Trinajstić information content (AvgIpc) is 2.90. The topological polar surface area (TPSA) is 29.5 Å². The number of aliphatic hydroxyl groups excluding tert-OH is 1. The Morgan fingerprint density at radius 1 is 1.24 bits per heavy atom. The smallest absolute Gasteiger partial charge is 0.132 e. The highest BCUT2D eigenvalue weighted by Gasteiger charge is 2.16. The van der Waals surface area contributed by atoms with Gasteiger partial charge in [-0.25, -0.2) is 4.39 Å². The Morgan fingerprint density at radius 2 is 2.05 bits per heavy atom. The molecule has 1 aromatic heterocycles. The van der Waals surface area contributed by atoms with Crippen LogP contribution in [0.3, 0.4) is 0 Å². The molecule has 2 nitrogen and oxygen atoms in total. The van der Waals surface area contributed by atoms with Crippen LogP contribution in [0, 0.1) is 5.82 Å². The highest BCUT2D eigenvalue weighted by molar-refractivity contribution is 7.17. The van der Waals surface area contributed by atoms with Gasteiger partial charge in [0.2, 0.25) is 0 Å². The molecule has 0 aliphatic heterocycles. The fraction of sp³-hybridized carbons (Fsp3) is 0.176. The maximum atomic E-state index is 14.0. The van der Waals surface area contributed by atoms with E-state index in [1.54, 1.807) is 23.5 Å². The van der Waals surface area contributed by atoms with Crippen LogP contribution in [-0.2, 0) is 6.42 Å². The fourth-order valence-corrected chi connectivity index (χ4v) is 3.39. The minimum Gasteiger partial charge on any atom is -0.497 e. The molecular weight excluding hydrogens is 287 g/mol. The summed E-state index contributed by atoms with van der Waals surface area (Å²) in [6.07, 6.45) is -0.471. The Bertz CT molecular complexity index is 766. The Labute approximate surface area is 126 Å². The third-order valence-corrected chi connectivity index (χ3v) is 4.55. The Balaban J connectivity index is 1.87. The monoisotopic (exact) mass is 302 g/mol. The first-order chi connectivity index (χ1) is 10.2. The van der Waals surface area contributed by atoms with Crippen LogP contribution in [0.5, 0.6) is 5.75 Å². The SMILES string of the molecule is COc1ccc(C(O)Cc2csc3ccccc23)c(F)c1. The van der Waals surface area contributed by atoms with E-state index in [0.717, 1.165) is 10.9 Å². The molecule has 0 aliphatic carbocycles. The minimum absolute atomic E-state index is 0.297. The van der Waals surface area contributed by atoms with E-state index in [1.165, 1.54) is 17.9 Å². The summed E-state index contributed by atoms with van der Waals surface area (Å²) in [6, 6.07) is 12.6. The van der Waals surface area contributed by atoms with Gasteiger partial charge in [0.1, 0.15) is 11.6 Å². The quantitative estimate of drug-likeness (QED) is 0.777. The number of aliphatic hydroxyl groups is 1. The molecule has 0 amide bonds. The minimum atomic E-state index is -0.867. The van der Waals surface area contributed by atoms with Crippen molar-refractivity contribution in [3.05, 3.63) is 64.8 Å². The van der Waals surface area contributed by atoms with Crippen LogP contribution in [0.1, 0.15) is 17.2 Å². The van der Waals surface area contributed by atoms with Crippen molar-refractivity contribution in [3.8, 4) is 5.75 Å². The zero-order chi connectivity index (χ0) is 14.8. The second-order valence-electron chi connectivity index (χ2n) is 4.86. The molecule has 0 saturated carbocycles. The summed E-state index contributed by atoms with van der Waals surface area (Å²) in [7, 11) is 1.49. The van der Waals surface area contributed by atoms with Crippen LogP contribution in [0.15, 0.2) is 47.8 Å². The predicted octanol–water partition coefficient (Wildman–Crippen LogP) is 4.33. The molecule has 108 valence electrons. The third kappa shape index (κ3) is 2.77. The van der Waals surface area contributed by atoms with E-state index in [-0.39, 0.29) is 0 Å². The van der Waals surface area contributed by atoms with Gasteiger partial charge in [0.25, 0.3) is 0 Å². The van der Waals surface area contributed by atoms with Gasteiger partial charge in [-0.2, -0.15) is 0 Å². The van der Waals surface area contributed by atoms with E-state index in [1.807, 2.05) is 29.6 Å². The van der Waals surface area contributed by atoms with Gasteiger partial charge < -0.3 is 9.84 Å². The van der Waals surface area contributed by atoms with Crippen LogP contribution in [0.4, 0.5) is 4.39 Å². The molecule has 3 rings (SSSR count). The molecule has 1 atom stereocenters. The van der Waals surface area contributed by atoms with Crippen molar-refractivity contribution in [2.24, 2.45) is 0 Å². The number of fused-ring (bicyclic) bond motifs is 1. The van der Waals surface area contributed by atoms with Gasteiger partial charge in [-0.05, 0) is 34.5 Å². The summed E-state index contributed by atoms with van der Waals surface area (Å²) in [4.78, 5) is 0. The molecule has 1 N–H and O–H groups in total. The zero-order valence-electron chi connectivity index (χ0n) is 11.5. The standard InChI is InChI=1S/C17H15FO2S/c1-20-12-6-7-14(15(18)9-12)16(19)8-11-10-21-17-5-3-2-4-13(11)17/h2-7,9-10,16,19H,8H2,1H3. The molecule has 3 aromatic rings. The Kier molecular flexibility index (Phi) is 3.90. The van der Waals surface area contributed by atoms with Gasteiger partial charge in [-0.1, -0.05) is 18.2 Å². The lowest BCUT2D eigenvalue weighted by atomic mass is 10.0. The van der Waals surface area contributed by atoms with Gasteiger partial charge in [0.05, 0.1) is 13.2 Å². The van der Waals surface area contributed by atoms with Crippen LogP contribution >= 0.6 is 11.3 Å². The largest absolute Gasteiger partial charge is 0.497 e. The molecule has 2 aromatic carbocycles. The number of benzene rings is 2. The number of methoxy groups -OCH3 is 1. The van der Waals surface area contributed by atoms with E-state index in [9.17, 15) is 9.50 Å². The number of halogens is 1. The number of thiophene rings is 1. The van der Waals surface area contributed by atoms with E-state index in [4.69, 9.17) is 4.74 Å². The molecule has 1 heterocycles. The molecular formula is C17H15FO2S. The molecule has 1 unspecified atom stereocenters.